The average Bonchev–Trinajstić information content (AvgIpc) is 1.61. The monoisotopic (exact) mass is 1910 g/mol. The maximum Gasteiger partial charge on any atom is 0.410 e. The van der Waals surface area contributed by atoms with Crippen LogP contribution in [0.2, 0.25) is 0 Å². The van der Waals surface area contributed by atoms with E-state index in [0.717, 1.165) is 17.1 Å². The van der Waals surface area contributed by atoms with E-state index in [1.807, 2.05) is 13.8 Å². The number of hydrogen-bond donors (Lipinski definition) is 11. The molecule has 48 nitrogen and oxygen atoms in total. The number of imidazole rings is 2. The fourth-order valence-electron chi connectivity index (χ4n) is 14.1. The normalized spacial score (nSPS) is 16.2. The molecule has 0 unspecified atom stereocenters. The van der Waals surface area contributed by atoms with E-state index in [1.54, 1.807) is 56.6 Å². The largest absolute Gasteiger partial charge is 0.494 e. The molecule has 0 bridgehead atoms. The summed E-state index contributed by atoms with van der Waals surface area (Å²) in [6.07, 6.45) is -4.53. The number of nitrogens with one attached hydrogen (secondary N) is 5. The van der Waals surface area contributed by atoms with Crippen LogP contribution >= 0.6 is 0 Å². The quantitative estimate of drug-likeness (QED) is 0.0140. The van der Waals surface area contributed by atoms with Crippen molar-refractivity contribution in [2.24, 2.45) is 11.5 Å². The smallest absolute Gasteiger partial charge is 0.410 e. The van der Waals surface area contributed by atoms with Gasteiger partial charge in [-0.3, -0.25) is 72.9 Å². The molecular formula is C88H120N18O30. The summed E-state index contributed by atoms with van der Waals surface area (Å²) in [4.78, 5) is 154. The Kier molecular flexibility index (Phi) is 42.6. The number of hydrogen-bond acceptors (Lipinski definition) is 34. The number of nitrogens with two attached hydrogens (primary N) is 2. The van der Waals surface area contributed by atoms with Crippen LogP contribution < -0.4 is 52.3 Å². The number of nitrogens with zero attached hydrogens (tertiary/aromatic N) is 11. The summed E-state index contributed by atoms with van der Waals surface area (Å²) in [5.41, 5.74) is 15.3. The van der Waals surface area contributed by atoms with Gasteiger partial charge in [0, 0.05) is 108 Å². The lowest BCUT2D eigenvalue weighted by Crippen LogP contribution is -2.61. The van der Waals surface area contributed by atoms with Crippen LogP contribution in [0.1, 0.15) is 91.8 Å². The van der Waals surface area contributed by atoms with E-state index in [4.69, 9.17) is 92.5 Å². The highest BCUT2D eigenvalue weighted by molar-refractivity contribution is 6.14. The number of anilines is 3. The van der Waals surface area contributed by atoms with Crippen LogP contribution in [0.4, 0.5) is 22.4 Å². The molecule has 742 valence electrons. The highest BCUT2D eigenvalue weighted by Crippen LogP contribution is 2.36. The van der Waals surface area contributed by atoms with Crippen LogP contribution in [-0.2, 0) is 118 Å². The number of benzene rings is 3. The number of primary amides is 2. The second-order valence-corrected chi connectivity index (χ2v) is 30.8. The summed E-state index contributed by atoms with van der Waals surface area (Å²) in [7, 11) is 1.43. The summed E-state index contributed by atoms with van der Waals surface area (Å²) in [5.74, 6) is -6.21. The molecule has 0 spiro atoms. The number of carboxylic acids is 1. The third kappa shape index (κ3) is 32.1. The Morgan fingerprint density at radius 2 is 0.993 bits per heavy atom. The van der Waals surface area contributed by atoms with Gasteiger partial charge in [-0.05, 0) is 88.2 Å². The highest BCUT2D eigenvalue weighted by Gasteiger charge is 2.48. The van der Waals surface area contributed by atoms with Crippen molar-refractivity contribution in [3.63, 3.8) is 0 Å². The summed E-state index contributed by atoms with van der Waals surface area (Å²) < 4.78 is 90.7. The van der Waals surface area contributed by atoms with E-state index in [9.17, 15) is 73.2 Å². The van der Waals surface area contributed by atoms with Crippen LogP contribution in [0.3, 0.4) is 0 Å². The van der Waals surface area contributed by atoms with Gasteiger partial charge in [-0.25, -0.2) is 19.6 Å². The maximum atomic E-state index is 14.2. The zero-order chi connectivity index (χ0) is 97.4. The van der Waals surface area contributed by atoms with Gasteiger partial charge < -0.3 is 133 Å². The minimum atomic E-state index is -2.02. The predicted molar refractivity (Wildman–Crippen MR) is 481 cm³/mol. The molecule has 2 fully saturated rings. The molecule has 4 aromatic heterocycles. The van der Waals surface area contributed by atoms with Gasteiger partial charge in [-0.15, -0.1) is 0 Å². The van der Waals surface area contributed by atoms with Gasteiger partial charge in [0.15, 0.2) is 6.10 Å². The van der Waals surface area contributed by atoms with E-state index >= 15 is 0 Å². The van der Waals surface area contributed by atoms with E-state index < -0.39 is 95.9 Å². The van der Waals surface area contributed by atoms with Crippen LogP contribution in [-0.4, -0.2) is 368 Å². The number of amides is 10. The van der Waals surface area contributed by atoms with Crippen molar-refractivity contribution >= 4 is 105 Å². The molecule has 3 aromatic carbocycles. The van der Waals surface area contributed by atoms with Crippen molar-refractivity contribution in [2.75, 3.05) is 214 Å². The molecule has 3 aliphatic heterocycles. The first-order valence-electron chi connectivity index (χ1n) is 44.4. The summed E-state index contributed by atoms with van der Waals surface area (Å²) in [6, 6.07) is 13.5. The van der Waals surface area contributed by atoms with Gasteiger partial charge in [0.05, 0.1) is 174 Å². The van der Waals surface area contributed by atoms with Crippen molar-refractivity contribution in [3.05, 3.63) is 118 Å². The summed E-state index contributed by atoms with van der Waals surface area (Å²) >= 11 is 0. The number of rotatable bonds is 62. The molecule has 10 amide bonds. The minimum Gasteiger partial charge on any atom is -0.494 e. The molecule has 13 N–H and O–H groups in total. The lowest BCUT2D eigenvalue weighted by Gasteiger charge is -2.38. The Bertz CT molecular complexity index is 5220. The number of allylic oxidation sites excluding steroid dienone is 2. The molecular weight excluding hydrogens is 1790 g/mol. The minimum absolute atomic E-state index is 0.0324. The van der Waals surface area contributed by atoms with Crippen LogP contribution in [0.5, 0.6) is 17.2 Å². The number of aliphatic hydroxyl groups excluding tert-OH is 3. The van der Waals surface area contributed by atoms with Crippen molar-refractivity contribution in [2.45, 2.75) is 110 Å². The average molecular weight is 1910 g/mol. The Morgan fingerprint density at radius 3 is 1.47 bits per heavy atom. The number of ether oxygens (including phenoxy) is 15. The Hall–Kier alpha value is -12.5. The predicted octanol–water partition coefficient (Wildman–Crippen LogP) is 0.439. The maximum absolute atomic E-state index is 14.2. The third-order valence-electron chi connectivity index (χ3n) is 21.0. The number of aromatic nitrogens is 8. The van der Waals surface area contributed by atoms with Gasteiger partial charge in [0.1, 0.15) is 71.1 Å². The second kappa shape index (κ2) is 54.9. The summed E-state index contributed by atoms with van der Waals surface area (Å²) in [6.45, 7) is 16.2. The van der Waals surface area contributed by atoms with Crippen molar-refractivity contribution in [1.82, 2.24) is 64.0 Å². The van der Waals surface area contributed by atoms with E-state index in [0.29, 0.717) is 178 Å². The fraction of sp³-hybridized carbons (Fsp3) is 0.534. The molecule has 2 saturated heterocycles. The molecule has 48 heteroatoms. The van der Waals surface area contributed by atoms with E-state index in [2.05, 4.69) is 41.7 Å². The lowest BCUT2D eigenvalue weighted by molar-refractivity contribution is -0.271. The van der Waals surface area contributed by atoms with Gasteiger partial charge in [-0.1, -0.05) is 18.2 Å². The third-order valence-corrected chi connectivity index (χ3v) is 21.0. The van der Waals surface area contributed by atoms with Crippen molar-refractivity contribution in [3.8, 4) is 17.2 Å². The molecule has 5 atom stereocenters. The summed E-state index contributed by atoms with van der Waals surface area (Å²) in [5, 5.41) is 64.0. The number of carbonyl (C=O) groups is 11. The molecule has 0 saturated carbocycles. The number of imide groups is 1. The zero-order valence-corrected chi connectivity index (χ0v) is 76.5. The number of aliphatic hydroxyl groups is 3. The standard InChI is InChI=1S/C88H120N18O30/c1-6-105-64(47-56(3)98-105)82(117)96-86-94-62-50-59(80(89)115)52-67(122-5)74(62)102(86)20-8-9-21-103-75-63(95-87(103)97-83(118)65-48-57(4)99-106(65)7-2)51-60(81(90)116)53-68(75)133-26-10-19-100-22-24-101(25-23-100)88(121)134-55-58-11-12-66(135-85-78(114)76(112)77(113)79(136-85)84(119)120)61(49-58)93-70(108)15-17-91-69(107)16-27-123-29-31-125-33-35-127-37-39-129-41-43-131-45-46-132-44-42-130-40-38-128-36-34-126-32-30-124-28-18-92-71(109)54-104-72(110)13-14-73(104)111/h8-9,11-14,47-53,76-79,85,112-114H,6-7,10,15-46,54-55H2,1-5H3,(H2,89,115)(H2,90,116)(H,91,107)(H,92,109)(H,93,108)(H,119,120)(H,94,96,117)(H,95,97,118)/b9-8+/t76-,77-,78+,79-,85+/m0/s1. The van der Waals surface area contributed by atoms with Gasteiger partial charge in [-0.2, -0.15) is 10.2 Å². The van der Waals surface area contributed by atoms with E-state index in [1.165, 1.54) is 54.5 Å². The SMILES string of the molecule is CCn1nc(C)cc1C(=O)Nc1nc2cc(C(N)=O)cc(OC)c2n1C/C=C/Cn1c(NC(=O)c2cc(C)nn2CC)nc2cc(C(N)=O)cc(OCCCN3CCN(C(=O)OCc4ccc(O[C@@H]5O[C@H](C(=O)O)[C@@H](O)[C@H](O)[C@H]5O)c(NC(=O)CCNC(=O)CCOCCOCCOCCOCCOCCOCCOCCOCCOCCOCCNC(=O)CN5C(=O)C=CC5=O)c4)CC3)c21. The number of aryl methyl sites for hydroxylation is 4. The molecule has 7 heterocycles. The number of fused-ring (bicyclic) bond motifs is 2. The number of piperazine rings is 1. The Morgan fingerprint density at radius 1 is 0.522 bits per heavy atom. The Balaban J connectivity index is 0.610. The molecule has 0 radical (unpaired) electrons. The Labute approximate surface area is 781 Å². The topological polar surface area (TPSA) is 600 Å². The van der Waals surface area contributed by atoms with Gasteiger partial charge >= 0.3 is 12.1 Å². The second-order valence-electron chi connectivity index (χ2n) is 30.8. The molecule has 136 heavy (non-hydrogen) atoms. The number of carbonyl (C=O) groups excluding carboxylic acids is 10. The van der Waals surface area contributed by atoms with Crippen LogP contribution in [0.25, 0.3) is 22.1 Å². The lowest BCUT2D eigenvalue weighted by atomic mass is 9.99. The molecule has 0 aliphatic carbocycles. The van der Waals surface area contributed by atoms with Crippen molar-refractivity contribution in [1.29, 1.82) is 0 Å². The zero-order valence-electron chi connectivity index (χ0n) is 76.5. The van der Waals surface area contributed by atoms with Crippen LogP contribution in [0.15, 0.2) is 78.9 Å². The van der Waals surface area contributed by atoms with Gasteiger partial charge in [0.2, 0.25) is 47.7 Å². The molecule has 3 aliphatic rings. The fourth-order valence-corrected chi connectivity index (χ4v) is 14.1. The molecule has 10 rings (SSSR count). The van der Waals surface area contributed by atoms with Gasteiger partial charge in [0.25, 0.3) is 23.6 Å². The highest BCUT2D eigenvalue weighted by atomic mass is 16.7. The number of methoxy groups -OCH3 is 1. The first-order chi connectivity index (χ1) is 65.7. The van der Waals surface area contributed by atoms with Crippen molar-refractivity contribution < 1.29 is 144 Å². The first kappa shape index (κ1) is 106. The number of aliphatic carboxylic acids is 1. The first-order valence-corrected chi connectivity index (χ1v) is 44.4. The number of carboxylic acid groups (broad SMARTS) is 1. The van der Waals surface area contributed by atoms with E-state index in [-0.39, 0.29) is 161 Å². The van der Waals surface area contributed by atoms with Crippen LogP contribution in [0, 0.1) is 13.8 Å². The molecule has 7 aromatic rings.